The number of hydrogen-bond acceptors (Lipinski definition) is 8. The first-order chi connectivity index (χ1) is 21.8. The number of methoxy groups -OCH3 is 1. The minimum atomic E-state index is -0.787. The Morgan fingerprint density at radius 2 is 1.62 bits per heavy atom. The maximum absolute atomic E-state index is 13.1. The summed E-state index contributed by atoms with van der Waals surface area (Å²) in [6.45, 7) is 4.97. The molecular weight excluding hydrogens is 598 g/mol. The molecule has 2 saturated heterocycles. The molecule has 0 spiro atoms. The summed E-state index contributed by atoms with van der Waals surface area (Å²) in [7, 11) is 1.50. The first-order valence-corrected chi connectivity index (χ1v) is 15.3. The van der Waals surface area contributed by atoms with Crippen LogP contribution in [0.5, 0.6) is 11.5 Å². The van der Waals surface area contributed by atoms with E-state index in [0.29, 0.717) is 33.5 Å². The zero-order valence-electron chi connectivity index (χ0n) is 25.2. The number of benzene rings is 3. The number of ketones is 1. The number of piperazine rings is 1. The molecule has 0 aromatic heterocycles. The Balaban J connectivity index is 1.12. The van der Waals surface area contributed by atoms with Crippen molar-refractivity contribution in [3.8, 4) is 11.5 Å². The van der Waals surface area contributed by atoms with E-state index in [-0.39, 0.29) is 25.0 Å². The number of carboxylic acids is 1. The van der Waals surface area contributed by atoms with Crippen LogP contribution in [0.4, 0.5) is 16.2 Å². The lowest BCUT2D eigenvalue weighted by molar-refractivity contribution is -0.138. The molecule has 45 heavy (non-hydrogen) atoms. The maximum atomic E-state index is 13.1. The van der Waals surface area contributed by atoms with Gasteiger partial charge in [0.2, 0.25) is 0 Å². The fourth-order valence-corrected chi connectivity index (χ4v) is 5.76. The van der Waals surface area contributed by atoms with Gasteiger partial charge < -0.3 is 25.2 Å². The van der Waals surface area contributed by atoms with Crippen molar-refractivity contribution in [2.24, 2.45) is 0 Å². The highest BCUT2D eigenvalue weighted by Gasteiger charge is 2.29. The minimum absolute atomic E-state index is 0.0463. The first kappa shape index (κ1) is 32.2. The van der Waals surface area contributed by atoms with E-state index in [1.807, 2.05) is 17.0 Å². The lowest BCUT2D eigenvalue weighted by Crippen LogP contribution is -2.52. The van der Waals surface area contributed by atoms with Crippen LogP contribution in [0.3, 0.4) is 0 Å². The van der Waals surface area contributed by atoms with Crippen LogP contribution >= 0.6 is 11.6 Å². The molecule has 2 aliphatic rings. The molecule has 1 atom stereocenters. The molecule has 3 N–H and O–H groups in total. The molecular formula is C33H38ClN5O6. The second kappa shape index (κ2) is 15.2. The lowest BCUT2D eigenvalue weighted by Gasteiger charge is -2.37. The number of amides is 2. The summed E-state index contributed by atoms with van der Waals surface area (Å²) in [6.07, 6.45) is 2.09. The van der Waals surface area contributed by atoms with Gasteiger partial charge in [-0.1, -0.05) is 29.8 Å². The number of carboxylic acid groups (broad SMARTS) is 1. The predicted molar refractivity (Wildman–Crippen MR) is 172 cm³/mol. The Kier molecular flexibility index (Phi) is 10.9. The topological polar surface area (TPSA) is 124 Å². The van der Waals surface area contributed by atoms with Crippen molar-refractivity contribution < 1.29 is 29.0 Å². The van der Waals surface area contributed by atoms with Gasteiger partial charge in [-0.3, -0.25) is 24.3 Å². The summed E-state index contributed by atoms with van der Waals surface area (Å²) in [5.41, 5.74) is 2.27. The third-order valence-corrected chi connectivity index (χ3v) is 8.29. The van der Waals surface area contributed by atoms with Crippen molar-refractivity contribution in [1.82, 2.24) is 14.7 Å². The van der Waals surface area contributed by atoms with Crippen LogP contribution in [0.2, 0.25) is 5.02 Å². The molecule has 1 unspecified atom stereocenters. The third kappa shape index (κ3) is 8.95. The first-order valence-electron chi connectivity index (χ1n) is 15.0. The van der Waals surface area contributed by atoms with Crippen LogP contribution < -0.4 is 20.1 Å². The molecule has 3 aromatic rings. The van der Waals surface area contributed by atoms with Gasteiger partial charge in [-0.15, -0.1) is 0 Å². The predicted octanol–water partition coefficient (Wildman–Crippen LogP) is 4.88. The van der Waals surface area contributed by atoms with Crippen molar-refractivity contribution >= 4 is 40.8 Å². The van der Waals surface area contributed by atoms with Crippen molar-refractivity contribution in [3.63, 3.8) is 0 Å². The average molecular weight is 636 g/mol. The van der Waals surface area contributed by atoms with Gasteiger partial charge in [0.15, 0.2) is 12.0 Å². The van der Waals surface area contributed by atoms with Gasteiger partial charge in [0.1, 0.15) is 11.5 Å². The zero-order valence-corrected chi connectivity index (χ0v) is 26.0. The van der Waals surface area contributed by atoms with E-state index in [1.54, 1.807) is 54.6 Å². The second-order valence-electron chi connectivity index (χ2n) is 11.2. The van der Waals surface area contributed by atoms with Gasteiger partial charge in [0, 0.05) is 44.7 Å². The molecule has 11 nitrogen and oxygen atoms in total. The molecule has 5 rings (SSSR count). The summed E-state index contributed by atoms with van der Waals surface area (Å²) >= 11 is 6.13. The highest BCUT2D eigenvalue weighted by molar-refractivity contribution is 6.33. The molecule has 2 heterocycles. The van der Waals surface area contributed by atoms with E-state index in [0.717, 1.165) is 57.8 Å². The number of ether oxygens (including phenoxy) is 2. The van der Waals surface area contributed by atoms with Crippen LogP contribution in [0, 0.1) is 0 Å². The Morgan fingerprint density at radius 3 is 2.33 bits per heavy atom. The van der Waals surface area contributed by atoms with E-state index >= 15 is 0 Å². The van der Waals surface area contributed by atoms with Gasteiger partial charge in [-0.2, -0.15) is 0 Å². The van der Waals surface area contributed by atoms with E-state index in [2.05, 4.69) is 20.4 Å². The number of rotatable bonds is 12. The van der Waals surface area contributed by atoms with E-state index in [4.69, 9.17) is 26.2 Å². The Bertz CT molecular complexity index is 1500. The highest BCUT2D eigenvalue weighted by Crippen LogP contribution is 2.28. The molecule has 238 valence electrons. The standard InChI is InChI=1S/C33H38ClN5O6/c1-44-30-20-23(8-13-28(30)36-33(43)35-27-6-3-2-5-26(27)34)19-29(40)24-9-11-25(12-10-24)45-31-7-4-14-39(31)22-38-17-15-37(16-18-38)21-32(41)42/h2-3,5-6,8-13,20,31H,4,7,14-19,21-22H2,1H3,(H,41,42)(H2,35,36,43). The Morgan fingerprint density at radius 1 is 0.911 bits per heavy atom. The van der Waals surface area contributed by atoms with Crippen LogP contribution in [0.25, 0.3) is 0 Å². The third-order valence-electron chi connectivity index (χ3n) is 7.96. The average Bonchev–Trinajstić information content (AvgIpc) is 3.46. The van der Waals surface area contributed by atoms with Crippen LogP contribution in [-0.4, -0.2) is 96.9 Å². The quantitative estimate of drug-likeness (QED) is 0.239. The monoisotopic (exact) mass is 635 g/mol. The van der Waals surface area contributed by atoms with Crippen LogP contribution in [0.1, 0.15) is 28.8 Å². The minimum Gasteiger partial charge on any atom is -0.495 e. The number of halogens is 1. The summed E-state index contributed by atoms with van der Waals surface area (Å²) in [5, 5.41) is 14.9. The van der Waals surface area contributed by atoms with E-state index < -0.39 is 12.0 Å². The highest BCUT2D eigenvalue weighted by atomic mass is 35.5. The molecule has 0 radical (unpaired) electrons. The number of anilines is 2. The van der Waals surface area contributed by atoms with Gasteiger partial charge in [0.05, 0.1) is 36.7 Å². The number of hydrogen-bond donors (Lipinski definition) is 3. The Labute approximate surface area is 267 Å². The summed E-state index contributed by atoms with van der Waals surface area (Å²) in [4.78, 5) is 43.2. The summed E-state index contributed by atoms with van der Waals surface area (Å²) < 4.78 is 11.8. The van der Waals surface area contributed by atoms with Crippen LogP contribution in [0.15, 0.2) is 66.7 Å². The van der Waals surface area contributed by atoms with Gasteiger partial charge in [-0.25, -0.2) is 4.79 Å². The van der Waals surface area contributed by atoms with E-state index in [9.17, 15) is 14.4 Å². The number of nitrogens with one attached hydrogen (secondary N) is 2. The van der Waals surface area contributed by atoms with Crippen molar-refractivity contribution in [3.05, 3.63) is 82.9 Å². The SMILES string of the molecule is COc1cc(CC(=O)c2ccc(OC3CCCN3CN3CCN(CC(=O)O)CC3)cc2)ccc1NC(=O)Nc1ccccc1Cl. The molecule has 0 aliphatic carbocycles. The summed E-state index contributed by atoms with van der Waals surface area (Å²) in [5.74, 6) is 0.304. The van der Waals surface area contributed by atoms with E-state index in [1.165, 1.54) is 7.11 Å². The van der Waals surface area contributed by atoms with Gasteiger partial charge >= 0.3 is 12.0 Å². The van der Waals surface area contributed by atoms with Crippen molar-refractivity contribution in [2.75, 3.05) is 63.7 Å². The number of Topliss-reactive ketones (excluding diaryl/α,β-unsaturated/α-hetero) is 1. The number of carbonyl (C=O) groups excluding carboxylic acids is 2. The largest absolute Gasteiger partial charge is 0.495 e. The molecule has 2 amide bonds. The molecule has 0 bridgehead atoms. The van der Waals surface area contributed by atoms with Gasteiger partial charge in [-0.05, 0) is 66.9 Å². The molecule has 12 heteroatoms. The number of para-hydroxylation sites is 1. The number of likely N-dealkylation sites (tertiary alicyclic amines) is 1. The molecule has 2 fully saturated rings. The number of urea groups is 1. The normalized spacial score (nSPS) is 17.5. The second-order valence-corrected chi connectivity index (χ2v) is 11.6. The fourth-order valence-electron chi connectivity index (χ4n) is 5.58. The van der Waals surface area contributed by atoms with Crippen LogP contribution in [-0.2, 0) is 11.2 Å². The van der Waals surface area contributed by atoms with Gasteiger partial charge in [0.25, 0.3) is 0 Å². The van der Waals surface area contributed by atoms with Crippen molar-refractivity contribution in [1.29, 1.82) is 0 Å². The summed E-state index contributed by atoms with van der Waals surface area (Å²) in [6, 6.07) is 18.9. The molecule has 0 saturated carbocycles. The fraction of sp³-hybridized carbons (Fsp3) is 0.364. The smallest absolute Gasteiger partial charge is 0.323 e. The number of aliphatic carboxylic acids is 1. The molecule has 2 aliphatic heterocycles. The lowest BCUT2D eigenvalue weighted by atomic mass is 10.0. The van der Waals surface area contributed by atoms with Crippen molar-refractivity contribution in [2.45, 2.75) is 25.5 Å². The Hall–Kier alpha value is -4.16. The molecule has 3 aromatic carbocycles. The zero-order chi connectivity index (χ0) is 31.8. The maximum Gasteiger partial charge on any atom is 0.323 e. The number of carbonyl (C=O) groups is 3. The number of nitrogens with zero attached hydrogens (tertiary/aromatic N) is 3.